The zero-order chi connectivity index (χ0) is 12.1. The molecule has 1 heteroatoms. The first kappa shape index (κ1) is 12.6. The lowest BCUT2D eigenvalue weighted by Gasteiger charge is -2.29. The van der Waals surface area contributed by atoms with Crippen LogP contribution >= 0.6 is 0 Å². The predicted octanol–water partition coefficient (Wildman–Crippen LogP) is 4.16. The van der Waals surface area contributed by atoms with Crippen LogP contribution in [0, 0.1) is 11.8 Å². The normalized spacial score (nSPS) is 18.1. The Morgan fingerprint density at radius 3 is 2.41 bits per heavy atom. The predicted molar refractivity (Wildman–Crippen MR) is 74.0 cm³/mol. The summed E-state index contributed by atoms with van der Waals surface area (Å²) in [4.78, 5) is 0. The molecule has 0 bridgehead atoms. The van der Waals surface area contributed by atoms with Gasteiger partial charge in [-0.3, -0.25) is 0 Å². The quantitative estimate of drug-likeness (QED) is 0.775. The van der Waals surface area contributed by atoms with Crippen molar-refractivity contribution in [3.63, 3.8) is 0 Å². The zero-order valence-electron chi connectivity index (χ0n) is 11.2. The van der Waals surface area contributed by atoms with Crippen molar-refractivity contribution in [1.29, 1.82) is 0 Å². The summed E-state index contributed by atoms with van der Waals surface area (Å²) in [6.07, 6.45) is 5.52. The van der Waals surface area contributed by atoms with E-state index in [1.54, 1.807) is 0 Å². The molecule has 1 unspecified atom stereocenters. The van der Waals surface area contributed by atoms with Gasteiger partial charge in [0.05, 0.1) is 0 Å². The van der Waals surface area contributed by atoms with Gasteiger partial charge in [-0.1, -0.05) is 50.6 Å². The van der Waals surface area contributed by atoms with Crippen LogP contribution in [-0.2, 0) is 0 Å². The van der Waals surface area contributed by atoms with Gasteiger partial charge in [-0.05, 0) is 43.2 Å². The highest BCUT2D eigenvalue weighted by atomic mass is 14.9. The third kappa shape index (κ3) is 3.85. The lowest BCUT2D eigenvalue weighted by molar-refractivity contribution is 0.280. The molecule has 1 saturated carbocycles. The van der Waals surface area contributed by atoms with E-state index < -0.39 is 0 Å². The Morgan fingerprint density at radius 1 is 1.18 bits per heavy atom. The van der Waals surface area contributed by atoms with Gasteiger partial charge in [-0.2, -0.15) is 0 Å². The number of rotatable bonds is 6. The highest BCUT2D eigenvalue weighted by Gasteiger charge is 2.19. The maximum absolute atomic E-state index is 3.77. The van der Waals surface area contributed by atoms with E-state index >= 15 is 0 Å². The lowest BCUT2D eigenvalue weighted by Crippen LogP contribution is -2.31. The Kier molecular flexibility index (Phi) is 4.61. The molecule has 1 aromatic carbocycles. The fourth-order valence-electron chi connectivity index (χ4n) is 2.50. The van der Waals surface area contributed by atoms with Crippen molar-refractivity contribution < 1.29 is 0 Å². The van der Waals surface area contributed by atoms with E-state index in [1.807, 2.05) is 0 Å². The molecule has 1 atom stereocenters. The summed E-state index contributed by atoms with van der Waals surface area (Å²) in [5.74, 6) is 1.68. The fraction of sp³-hybridized carbons (Fsp3) is 0.625. The second kappa shape index (κ2) is 6.20. The standard InChI is InChI=1S/C16H25N/c1-13(2)11-16(15-9-4-3-5-10-15)17-12-14-7-6-8-14/h3-5,9-10,13-14,16-17H,6-8,11-12H2,1-2H3. The summed E-state index contributed by atoms with van der Waals surface area (Å²) in [5.41, 5.74) is 1.44. The average molecular weight is 231 g/mol. The average Bonchev–Trinajstić information content (AvgIpc) is 2.26. The molecule has 0 heterocycles. The van der Waals surface area contributed by atoms with E-state index in [0.717, 1.165) is 11.8 Å². The molecule has 1 aliphatic rings. The Bertz CT molecular complexity index is 314. The molecule has 0 spiro atoms. The van der Waals surface area contributed by atoms with Crippen LogP contribution in [-0.4, -0.2) is 6.54 Å². The van der Waals surface area contributed by atoms with Gasteiger partial charge < -0.3 is 5.32 Å². The van der Waals surface area contributed by atoms with E-state index in [1.165, 1.54) is 37.8 Å². The molecule has 1 nitrogen and oxygen atoms in total. The van der Waals surface area contributed by atoms with Gasteiger partial charge in [0.15, 0.2) is 0 Å². The topological polar surface area (TPSA) is 12.0 Å². The monoisotopic (exact) mass is 231 g/mol. The molecule has 1 N–H and O–H groups in total. The molecule has 1 aliphatic carbocycles. The molecular formula is C16H25N. The van der Waals surface area contributed by atoms with E-state index in [0.29, 0.717) is 6.04 Å². The Hall–Kier alpha value is -0.820. The second-order valence-electron chi connectivity index (χ2n) is 5.80. The number of hydrogen-bond acceptors (Lipinski definition) is 1. The number of hydrogen-bond donors (Lipinski definition) is 1. The van der Waals surface area contributed by atoms with Gasteiger partial charge in [0.2, 0.25) is 0 Å². The minimum absolute atomic E-state index is 0.539. The van der Waals surface area contributed by atoms with Crippen LogP contribution < -0.4 is 5.32 Å². The summed E-state index contributed by atoms with van der Waals surface area (Å²) < 4.78 is 0. The first-order valence-electron chi connectivity index (χ1n) is 7.04. The van der Waals surface area contributed by atoms with E-state index in [9.17, 15) is 0 Å². The van der Waals surface area contributed by atoms with Gasteiger partial charge in [-0.15, -0.1) is 0 Å². The van der Waals surface area contributed by atoms with Crippen LogP contribution in [0.2, 0.25) is 0 Å². The third-order valence-electron chi connectivity index (χ3n) is 3.79. The van der Waals surface area contributed by atoms with Gasteiger partial charge >= 0.3 is 0 Å². The van der Waals surface area contributed by atoms with Gasteiger partial charge in [0.1, 0.15) is 0 Å². The molecule has 0 radical (unpaired) electrons. The van der Waals surface area contributed by atoms with Crippen molar-refractivity contribution in [3.8, 4) is 0 Å². The first-order valence-corrected chi connectivity index (χ1v) is 7.04. The minimum atomic E-state index is 0.539. The minimum Gasteiger partial charge on any atom is -0.310 e. The van der Waals surface area contributed by atoms with Crippen LogP contribution in [0.5, 0.6) is 0 Å². The fourth-order valence-corrected chi connectivity index (χ4v) is 2.50. The highest BCUT2D eigenvalue weighted by Crippen LogP contribution is 2.27. The summed E-state index contributed by atoms with van der Waals surface area (Å²) in [5, 5.41) is 3.77. The Morgan fingerprint density at radius 2 is 1.88 bits per heavy atom. The maximum atomic E-state index is 3.77. The summed E-state index contributed by atoms with van der Waals surface area (Å²) >= 11 is 0. The van der Waals surface area contributed by atoms with Gasteiger partial charge in [-0.25, -0.2) is 0 Å². The second-order valence-corrected chi connectivity index (χ2v) is 5.80. The molecule has 94 valence electrons. The molecule has 0 amide bonds. The summed E-state index contributed by atoms with van der Waals surface area (Å²) in [6, 6.07) is 11.4. The smallest absolute Gasteiger partial charge is 0.0322 e. The molecule has 0 aliphatic heterocycles. The molecule has 1 fully saturated rings. The van der Waals surface area contributed by atoms with Crippen LogP contribution in [0.1, 0.15) is 51.1 Å². The first-order chi connectivity index (χ1) is 8.25. The maximum Gasteiger partial charge on any atom is 0.0322 e. The summed E-state index contributed by atoms with van der Waals surface area (Å²) in [7, 11) is 0. The van der Waals surface area contributed by atoms with Crippen LogP contribution in [0.25, 0.3) is 0 Å². The van der Waals surface area contributed by atoms with Crippen molar-refractivity contribution in [1.82, 2.24) is 5.32 Å². The van der Waals surface area contributed by atoms with Crippen molar-refractivity contribution in [2.75, 3.05) is 6.54 Å². The van der Waals surface area contributed by atoms with Crippen LogP contribution in [0.15, 0.2) is 30.3 Å². The molecule has 17 heavy (non-hydrogen) atoms. The van der Waals surface area contributed by atoms with E-state index in [4.69, 9.17) is 0 Å². The highest BCUT2D eigenvalue weighted by molar-refractivity contribution is 5.18. The van der Waals surface area contributed by atoms with Crippen molar-refractivity contribution in [3.05, 3.63) is 35.9 Å². The lowest BCUT2D eigenvalue weighted by atomic mass is 9.85. The van der Waals surface area contributed by atoms with Crippen molar-refractivity contribution >= 4 is 0 Å². The van der Waals surface area contributed by atoms with Crippen LogP contribution in [0.3, 0.4) is 0 Å². The molecular weight excluding hydrogens is 206 g/mol. The Balaban J connectivity index is 1.92. The van der Waals surface area contributed by atoms with E-state index in [-0.39, 0.29) is 0 Å². The van der Waals surface area contributed by atoms with Crippen LogP contribution in [0.4, 0.5) is 0 Å². The van der Waals surface area contributed by atoms with Gasteiger partial charge in [0.25, 0.3) is 0 Å². The number of benzene rings is 1. The Labute approximate surface area is 106 Å². The zero-order valence-corrected chi connectivity index (χ0v) is 11.2. The molecule has 2 rings (SSSR count). The third-order valence-corrected chi connectivity index (χ3v) is 3.79. The largest absolute Gasteiger partial charge is 0.310 e. The molecule has 0 saturated heterocycles. The SMILES string of the molecule is CC(C)CC(NCC1CCC1)c1ccccc1. The van der Waals surface area contributed by atoms with E-state index in [2.05, 4.69) is 49.5 Å². The molecule has 0 aromatic heterocycles. The molecule has 1 aromatic rings. The number of nitrogens with one attached hydrogen (secondary N) is 1. The van der Waals surface area contributed by atoms with Crippen molar-refractivity contribution in [2.24, 2.45) is 11.8 Å². The van der Waals surface area contributed by atoms with Crippen molar-refractivity contribution in [2.45, 2.75) is 45.6 Å². The van der Waals surface area contributed by atoms with Gasteiger partial charge in [0, 0.05) is 6.04 Å². The summed E-state index contributed by atoms with van der Waals surface area (Å²) in [6.45, 7) is 5.81.